The molecule has 5 nitrogen and oxygen atoms in total. The normalized spacial score (nSPS) is 15.7. The minimum atomic E-state index is -3.75. The molecule has 0 atom stereocenters. The Bertz CT molecular complexity index is 521. The number of carbonyl (C=O) groups excluding carboxylic acids is 1. The molecule has 0 aliphatic carbocycles. The fourth-order valence-corrected chi connectivity index (χ4v) is 1.95. The number of hydrogen-bond acceptors (Lipinski definition) is 4. The lowest BCUT2D eigenvalue weighted by Gasteiger charge is -2.16. The Kier molecular flexibility index (Phi) is 2.24. The number of ketones is 1. The molecule has 15 heavy (non-hydrogen) atoms. The van der Waals surface area contributed by atoms with E-state index >= 15 is 0 Å². The second kappa shape index (κ2) is 3.32. The van der Waals surface area contributed by atoms with E-state index in [0.717, 1.165) is 0 Å². The predicted molar refractivity (Wildman–Crippen MR) is 52.3 cm³/mol. The summed E-state index contributed by atoms with van der Waals surface area (Å²) >= 11 is 0. The molecular weight excluding hydrogens is 218 g/mol. The molecule has 0 unspecified atom stereocenters. The zero-order valence-electron chi connectivity index (χ0n) is 7.76. The van der Waals surface area contributed by atoms with E-state index in [1.165, 1.54) is 18.2 Å². The highest BCUT2D eigenvalue weighted by Crippen LogP contribution is 2.26. The summed E-state index contributed by atoms with van der Waals surface area (Å²) in [7, 11) is -3.75. The second-order valence-electron chi connectivity index (χ2n) is 3.22. The lowest BCUT2D eigenvalue weighted by Crippen LogP contribution is -2.17. The van der Waals surface area contributed by atoms with Crippen LogP contribution in [0.5, 0.6) is 5.75 Å². The molecule has 1 aromatic rings. The standard InChI is InChI=1S/C9H9NO4S/c10-15(12,13)6-1-2-7-8(11)3-4-14-9(7)5-6/h1-2,5H,3-4H2,(H2,10,12,13). The number of rotatable bonds is 1. The summed E-state index contributed by atoms with van der Waals surface area (Å²) in [6.07, 6.45) is 0.321. The molecule has 0 fully saturated rings. The molecule has 1 heterocycles. The first-order chi connectivity index (χ1) is 6.98. The van der Waals surface area contributed by atoms with Crippen LogP contribution in [-0.4, -0.2) is 20.8 Å². The first-order valence-electron chi connectivity index (χ1n) is 4.31. The molecular formula is C9H9NO4S. The maximum atomic E-state index is 11.4. The first-order valence-corrected chi connectivity index (χ1v) is 5.86. The number of Topliss-reactive ketones (excluding diaryl/α,β-unsaturated/α-hetero) is 1. The van der Waals surface area contributed by atoms with Gasteiger partial charge in [-0.25, -0.2) is 13.6 Å². The molecule has 80 valence electrons. The van der Waals surface area contributed by atoms with Crippen molar-refractivity contribution < 1.29 is 17.9 Å². The number of sulfonamides is 1. The van der Waals surface area contributed by atoms with Gasteiger partial charge in [-0.3, -0.25) is 4.79 Å². The minimum absolute atomic E-state index is 0.0442. The Hall–Kier alpha value is -1.40. The number of nitrogens with two attached hydrogens (primary N) is 1. The average molecular weight is 227 g/mol. The van der Waals surface area contributed by atoms with E-state index < -0.39 is 10.0 Å². The van der Waals surface area contributed by atoms with Crippen molar-refractivity contribution in [2.24, 2.45) is 5.14 Å². The Balaban J connectivity index is 2.56. The summed E-state index contributed by atoms with van der Waals surface area (Å²) in [5.41, 5.74) is 0.411. The van der Waals surface area contributed by atoms with Crippen LogP contribution in [0.2, 0.25) is 0 Å². The monoisotopic (exact) mass is 227 g/mol. The van der Waals surface area contributed by atoms with Crippen molar-refractivity contribution in [3.63, 3.8) is 0 Å². The van der Waals surface area contributed by atoms with Gasteiger partial charge in [0.1, 0.15) is 5.75 Å². The lowest BCUT2D eigenvalue weighted by atomic mass is 10.1. The lowest BCUT2D eigenvalue weighted by molar-refractivity contribution is 0.0933. The van der Waals surface area contributed by atoms with Crippen molar-refractivity contribution >= 4 is 15.8 Å². The average Bonchev–Trinajstić information content (AvgIpc) is 2.16. The van der Waals surface area contributed by atoms with Gasteiger partial charge in [-0.2, -0.15) is 0 Å². The van der Waals surface area contributed by atoms with E-state index in [2.05, 4.69) is 0 Å². The third-order valence-electron chi connectivity index (χ3n) is 2.17. The van der Waals surface area contributed by atoms with E-state index in [1.807, 2.05) is 0 Å². The quantitative estimate of drug-likeness (QED) is 0.747. The molecule has 0 saturated carbocycles. The summed E-state index contributed by atoms with van der Waals surface area (Å²) < 4.78 is 27.3. The number of primary sulfonamides is 1. The van der Waals surface area contributed by atoms with Crippen molar-refractivity contribution in [3.05, 3.63) is 23.8 Å². The van der Waals surface area contributed by atoms with Crippen LogP contribution in [0.1, 0.15) is 16.8 Å². The first kappa shape index (κ1) is 10.1. The van der Waals surface area contributed by atoms with Gasteiger partial charge in [-0.05, 0) is 12.1 Å². The van der Waals surface area contributed by atoms with Crippen LogP contribution in [0.4, 0.5) is 0 Å². The van der Waals surface area contributed by atoms with E-state index in [0.29, 0.717) is 12.0 Å². The van der Waals surface area contributed by atoms with Gasteiger partial charge in [-0.1, -0.05) is 0 Å². The number of ether oxygens (including phenoxy) is 1. The van der Waals surface area contributed by atoms with Gasteiger partial charge in [0.15, 0.2) is 5.78 Å². The largest absolute Gasteiger partial charge is 0.492 e. The highest BCUT2D eigenvalue weighted by atomic mass is 32.2. The van der Waals surface area contributed by atoms with Crippen LogP contribution in [0.25, 0.3) is 0 Å². The smallest absolute Gasteiger partial charge is 0.238 e. The molecule has 2 N–H and O–H groups in total. The predicted octanol–water partition coefficient (Wildman–Crippen LogP) is 0.299. The minimum Gasteiger partial charge on any atom is -0.492 e. The molecule has 0 radical (unpaired) electrons. The highest BCUT2D eigenvalue weighted by Gasteiger charge is 2.20. The number of benzene rings is 1. The van der Waals surface area contributed by atoms with Crippen LogP contribution in [0.15, 0.2) is 23.1 Å². The molecule has 0 spiro atoms. The molecule has 1 aliphatic heterocycles. The third-order valence-corrected chi connectivity index (χ3v) is 3.08. The number of hydrogen-bond donors (Lipinski definition) is 1. The van der Waals surface area contributed by atoms with Gasteiger partial charge in [0, 0.05) is 12.5 Å². The topological polar surface area (TPSA) is 86.5 Å². The van der Waals surface area contributed by atoms with Crippen molar-refractivity contribution in [2.75, 3.05) is 6.61 Å². The summed E-state index contributed by atoms with van der Waals surface area (Å²) in [6.45, 7) is 0.278. The van der Waals surface area contributed by atoms with Gasteiger partial charge in [0.2, 0.25) is 10.0 Å². The molecule has 0 bridgehead atoms. The van der Waals surface area contributed by atoms with Gasteiger partial charge in [-0.15, -0.1) is 0 Å². The molecule has 0 amide bonds. The molecule has 6 heteroatoms. The summed E-state index contributed by atoms with van der Waals surface area (Å²) in [4.78, 5) is 11.3. The SMILES string of the molecule is NS(=O)(=O)c1ccc2c(c1)OCCC2=O. The van der Waals surface area contributed by atoms with Crippen LogP contribution in [0, 0.1) is 0 Å². The Morgan fingerprint density at radius 2 is 2.07 bits per heavy atom. The summed E-state index contributed by atoms with van der Waals surface area (Å²) in [6, 6.07) is 4.01. The number of carbonyl (C=O) groups is 1. The van der Waals surface area contributed by atoms with Crippen molar-refractivity contribution in [1.29, 1.82) is 0 Å². The van der Waals surface area contributed by atoms with Crippen LogP contribution >= 0.6 is 0 Å². The summed E-state index contributed by atoms with van der Waals surface area (Å²) in [5.74, 6) is 0.245. The van der Waals surface area contributed by atoms with Crippen molar-refractivity contribution in [1.82, 2.24) is 0 Å². The Morgan fingerprint density at radius 3 is 2.73 bits per heavy atom. The van der Waals surface area contributed by atoms with Crippen LogP contribution < -0.4 is 9.88 Å². The van der Waals surface area contributed by atoms with Crippen molar-refractivity contribution in [2.45, 2.75) is 11.3 Å². The third kappa shape index (κ3) is 1.86. The van der Waals surface area contributed by atoms with Gasteiger partial charge in [0.25, 0.3) is 0 Å². The molecule has 2 rings (SSSR count). The molecule has 0 aromatic heterocycles. The highest BCUT2D eigenvalue weighted by molar-refractivity contribution is 7.89. The maximum absolute atomic E-state index is 11.4. The van der Waals surface area contributed by atoms with E-state index in [4.69, 9.17) is 9.88 Å². The van der Waals surface area contributed by atoms with E-state index in [1.54, 1.807) is 0 Å². The van der Waals surface area contributed by atoms with Crippen LogP contribution in [0.3, 0.4) is 0 Å². The second-order valence-corrected chi connectivity index (χ2v) is 4.79. The Labute approximate surface area is 86.9 Å². The maximum Gasteiger partial charge on any atom is 0.238 e. The van der Waals surface area contributed by atoms with Gasteiger partial charge >= 0.3 is 0 Å². The van der Waals surface area contributed by atoms with Gasteiger partial charge in [0.05, 0.1) is 17.1 Å². The molecule has 0 saturated heterocycles. The van der Waals surface area contributed by atoms with E-state index in [-0.39, 0.29) is 23.0 Å². The fourth-order valence-electron chi connectivity index (χ4n) is 1.42. The van der Waals surface area contributed by atoms with Crippen molar-refractivity contribution in [3.8, 4) is 5.75 Å². The van der Waals surface area contributed by atoms with Gasteiger partial charge < -0.3 is 4.74 Å². The zero-order valence-corrected chi connectivity index (χ0v) is 8.58. The fraction of sp³-hybridized carbons (Fsp3) is 0.222. The summed E-state index contributed by atoms with van der Waals surface area (Å²) in [5, 5.41) is 4.96. The molecule has 1 aliphatic rings. The molecule has 1 aromatic carbocycles. The Morgan fingerprint density at radius 1 is 1.33 bits per heavy atom. The zero-order chi connectivity index (χ0) is 11.1. The van der Waals surface area contributed by atoms with Crippen LogP contribution in [-0.2, 0) is 10.0 Å². The number of fused-ring (bicyclic) bond motifs is 1. The van der Waals surface area contributed by atoms with E-state index in [9.17, 15) is 13.2 Å².